The molecule has 9 heteroatoms. The Labute approximate surface area is 144 Å². The van der Waals surface area contributed by atoms with Crippen LogP contribution in [0.25, 0.3) is 16.3 Å². The molecule has 4 rings (SSSR count). The van der Waals surface area contributed by atoms with E-state index in [1.165, 1.54) is 22.3 Å². The Morgan fingerprint density at radius 2 is 2.00 bits per heavy atom. The van der Waals surface area contributed by atoms with E-state index in [0.29, 0.717) is 10.7 Å². The van der Waals surface area contributed by atoms with Crippen LogP contribution < -0.4 is 5.32 Å². The van der Waals surface area contributed by atoms with Crippen LogP contribution in [0.4, 0.5) is 5.13 Å². The first-order valence-corrected chi connectivity index (χ1v) is 8.70. The number of hydrogen-bond acceptors (Lipinski definition) is 7. The number of carbonyl (C=O) groups is 1. The molecule has 1 N–H and O–H groups in total. The van der Waals surface area contributed by atoms with Gasteiger partial charge in [0.05, 0.1) is 16.3 Å². The standard InChI is InChI=1S/C15H10N6OS2/c22-14(10-3-5-11(6-4-10)21-9-16-19-20-21)18-15-17-12(8-24-15)13-2-1-7-23-13/h1-9H,(H,17,18,22). The number of rotatable bonds is 4. The SMILES string of the molecule is O=C(Nc1nc(-c2cccs2)cs1)c1ccc(-n2cnnn2)cc1. The summed E-state index contributed by atoms with van der Waals surface area (Å²) in [6.07, 6.45) is 1.50. The van der Waals surface area contributed by atoms with E-state index in [1.807, 2.05) is 22.9 Å². The van der Waals surface area contributed by atoms with Gasteiger partial charge in [-0.2, -0.15) is 0 Å². The van der Waals surface area contributed by atoms with Crippen LogP contribution in [0.15, 0.2) is 53.5 Å². The Kier molecular flexibility index (Phi) is 3.85. The zero-order valence-corrected chi connectivity index (χ0v) is 13.8. The van der Waals surface area contributed by atoms with E-state index in [9.17, 15) is 4.79 Å². The third-order valence-corrected chi connectivity index (χ3v) is 4.89. The summed E-state index contributed by atoms with van der Waals surface area (Å²) in [6.45, 7) is 0. The summed E-state index contributed by atoms with van der Waals surface area (Å²) in [4.78, 5) is 17.8. The summed E-state index contributed by atoms with van der Waals surface area (Å²) in [7, 11) is 0. The Balaban J connectivity index is 1.48. The average molecular weight is 354 g/mol. The minimum atomic E-state index is -0.203. The monoisotopic (exact) mass is 354 g/mol. The van der Waals surface area contributed by atoms with Crippen molar-refractivity contribution in [3.05, 3.63) is 59.0 Å². The number of tetrazole rings is 1. The van der Waals surface area contributed by atoms with Crippen molar-refractivity contribution in [3.63, 3.8) is 0 Å². The van der Waals surface area contributed by atoms with Gasteiger partial charge in [0.2, 0.25) is 0 Å². The molecule has 24 heavy (non-hydrogen) atoms. The van der Waals surface area contributed by atoms with Gasteiger partial charge in [-0.3, -0.25) is 10.1 Å². The van der Waals surface area contributed by atoms with Gasteiger partial charge in [-0.05, 0) is 46.1 Å². The van der Waals surface area contributed by atoms with Crippen LogP contribution in [0.3, 0.4) is 0 Å². The van der Waals surface area contributed by atoms with Crippen molar-refractivity contribution < 1.29 is 4.79 Å². The fraction of sp³-hybridized carbons (Fsp3) is 0. The Bertz CT molecular complexity index is 944. The molecule has 0 radical (unpaired) electrons. The second-order valence-electron chi connectivity index (χ2n) is 4.77. The van der Waals surface area contributed by atoms with Crippen molar-refractivity contribution in [1.82, 2.24) is 25.2 Å². The van der Waals surface area contributed by atoms with E-state index in [-0.39, 0.29) is 5.91 Å². The van der Waals surface area contributed by atoms with Gasteiger partial charge in [0.25, 0.3) is 5.91 Å². The summed E-state index contributed by atoms with van der Waals surface area (Å²) in [5.41, 5.74) is 2.20. The summed E-state index contributed by atoms with van der Waals surface area (Å²) in [5.74, 6) is -0.203. The molecule has 0 saturated heterocycles. The number of thiazole rings is 1. The first-order chi connectivity index (χ1) is 11.8. The first kappa shape index (κ1) is 14.7. The summed E-state index contributed by atoms with van der Waals surface area (Å²) >= 11 is 3.02. The smallest absolute Gasteiger partial charge is 0.257 e. The molecule has 7 nitrogen and oxygen atoms in total. The second kappa shape index (κ2) is 6.30. The Morgan fingerprint density at radius 3 is 2.71 bits per heavy atom. The molecule has 0 atom stereocenters. The Morgan fingerprint density at radius 1 is 1.12 bits per heavy atom. The van der Waals surface area contributed by atoms with Crippen LogP contribution in [-0.4, -0.2) is 31.1 Å². The van der Waals surface area contributed by atoms with E-state index in [4.69, 9.17) is 0 Å². The highest BCUT2D eigenvalue weighted by Gasteiger charge is 2.11. The number of anilines is 1. The van der Waals surface area contributed by atoms with Crippen LogP contribution in [0.5, 0.6) is 0 Å². The van der Waals surface area contributed by atoms with E-state index in [1.54, 1.807) is 35.6 Å². The van der Waals surface area contributed by atoms with Crippen LogP contribution in [0.1, 0.15) is 10.4 Å². The number of aromatic nitrogens is 5. The molecule has 1 aromatic carbocycles. The third-order valence-electron chi connectivity index (χ3n) is 3.24. The molecule has 0 aliphatic heterocycles. The van der Waals surface area contributed by atoms with Gasteiger partial charge in [-0.25, -0.2) is 9.67 Å². The van der Waals surface area contributed by atoms with E-state index in [0.717, 1.165) is 16.3 Å². The summed E-state index contributed by atoms with van der Waals surface area (Å²) in [5, 5.41) is 18.3. The number of amides is 1. The minimum Gasteiger partial charge on any atom is -0.298 e. The molecule has 1 amide bonds. The molecule has 0 bridgehead atoms. The minimum absolute atomic E-state index is 0.203. The van der Waals surface area contributed by atoms with Gasteiger partial charge >= 0.3 is 0 Å². The lowest BCUT2D eigenvalue weighted by atomic mass is 10.2. The van der Waals surface area contributed by atoms with Gasteiger partial charge in [-0.1, -0.05) is 6.07 Å². The topological polar surface area (TPSA) is 85.6 Å². The lowest BCUT2D eigenvalue weighted by Gasteiger charge is -2.03. The number of hydrogen-bond donors (Lipinski definition) is 1. The predicted molar refractivity (Wildman–Crippen MR) is 92.5 cm³/mol. The predicted octanol–water partition coefficient (Wildman–Crippen LogP) is 3.10. The molecule has 4 aromatic rings. The van der Waals surface area contributed by atoms with Crippen LogP contribution in [0, 0.1) is 0 Å². The number of thiophene rings is 1. The normalized spacial score (nSPS) is 10.7. The zero-order valence-electron chi connectivity index (χ0n) is 12.2. The lowest BCUT2D eigenvalue weighted by Crippen LogP contribution is -2.11. The second-order valence-corrected chi connectivity index (χ2v) is 6.58. The van der Waals surface area contributed by atoms with Crippen molar-refractivity contribution in [2.45, 2.75) is 0 Å². The molecule has 3 aromatic heterocycles. The molecule has 0 aliphatic rings. The average Bonchev–Trinajstić information content (AvgIpc) is 3.36. The molecule has 3 heterocycles. The summed E-state index contributed by atoms with van der Waals surface area (Å²) in [6, 6.07) is 11.0. The summed E-state index contributed by atoms with van der Waals surface area (Å²) < 4.78 is 1.52. The highest BCUT2D eigenvalue weighted by molar-refractivity contribution is 7.16. The first-order valence-electron chi connectivity index (χ1n) is 6.94. The Hall–Kier alpha value is -2.91. The molecule has 0 fully saturated rings. The highest BCUT2D eigenvalue weighted by Crippen LogP contribution is 2.28. The molecule has 0 saturated carbocycles. The fourth-order valence-corrected chi connectivity index (χ4v) is 3.55. The van der Waals surface area contributed by atoms with E-state index in [2.05, 4.69) is 25.8 Å². The third kappa shape index (κ3) is 2.94. The van der Waals surface area contributed by atoms with Gasteiger partial charge in [0, 0.05) is 10.9 Å². The highest BCUT2D eigenvalue weighted by atomic mass is 32.1. The van der Waals surface area contributed by atoms with E-state index >= 15 is 0 Å². The van der Waals surface area contributed by atoms with E-state index < -0.39 is 0 Å². The molecule has 0 unspecified atom stereocenters. The molecular formula is C15H10N6OS2. The fourth-order valence-electron chi connectivity index (χ4n) is 2.08. The van der Waals surface area contributed by atoms with Gasteiger partial charge < -0.3 is 0 Å². The van der Waals surface area contributed by atoms with Crippen LogP contribution in [0.2, 0.25) is 0 Å². The van der Waals surface area contributed by atoms with Crippen molar-refractivity contribution >= 4 is 33.7 Å². The van der Waals surface area contributed by atoms with Crippen LogP contribution in [-0.2, 0) is 0 Å². The van der Waals surface area contributed by atoms with Crippen molar-refractivity contribution in [3.8, 4) is 16.3 Å². The largest absolute Gasteiger partial charge is 0.298 e. The number of carbonyl (C=O) groups excluding carboxylic acids is 1. The van der Waals surface area contributed by atoms with Crippen molar-refractivity contribution in [2.75, 3.05) is 5.32 Å². The number of nitrogens with zero attached hydrogens (tertiary/aromatic N) is 5. The molecule has 0 aliphatic carbocycles. The molecule has 118 valence electrons. The van der Waals surface area contributed by atoms with Gasteiger partial charge in [0.1, 0.15) is 6.33 Å². The number of nitrogens with one attached hydrogen (secondary N) is 1. The maximum atomic E-state index is 12.3. The van der Waals surface area contributed by atoms with Crippen LogP contribution >= 0.6 is 22.7 Å². The maximum absolute atomic E-state index is 12.3. The maximum Gasteiger partial charge on any atom is 0.257 e. The van der Waals surface area contributed by atoms with Gasteiger partial charge in [0.15, 0.2) is 5.13 Å². The van der Waals surface area contributed by atoms with Gasteiger partial charge in [-0.15, -0.1) is 27.8 Å². The molecular weight excluding hydrogens is 344 g/mol. The molecule has 0 spiro atoms. The van der Waals surface area contributed by atoms with Crippen molar-refractivity contribution in [1.29, 1.82) is 0 Å². The number of benzene rings is 1. The zero-order chi connectivity index (χ0) is 16.4. The van der Waals surface area contributed by atoms with Crippen molar-refractivity contribution in [2.24, 2.45) is 0 Å². The quantitative estimate of drug-likeness (QED) is 0.609. The lowest BCUT2D eigenvalue weighted by molar-refractivity contribution is 0.102.